The highest BCUT2D eigenvalue weighted by Gasteiger charge is 2.26. The predicted molar refractivity (Wildman–Crippen MR) is 81.0 cm³/mol. The summed E-state index contributed by atoms with van der Waals surface area (Å²) in [6, 6.07) is 0. The van der Waals surface area contributed by atoms with Crippen LogP contribution in [-0.4, -0.2) is 44.9 Å². The van der Waals surface area contributed by atoms with Gasteiger partial charge in [0.15, 0.2) is 0 Å². The Balaban J connectivity index is 2.41. The van der Waals surface area contributed by atoms with Crippen molar-refractivity contribution in [2.24, 2.45) is 7.05 Å². The number of carbonyl (C=O) groups is 1. The summed E-state index contributed by atoms with van der Waals surface area (Å²) in [6.45, 7) is 5.45. The van der Waals surface area contributed by atoms with Crippen molar-refractivity contribution in [1.29, 1.82) is 0 Å². The van der Waals surface area contributed by atoms with Gasteiger partial charge in [-0.3, -0.25) is 9.48 Å². The van der Waals surface area contributed by atoms with E-state index in [1.807, 2.05) is 14.0 Å². The fourth-order valence-corrected chi connectivity index (χ4v) is 3.49. The second-order valence-corrected chi connectivity index (χ2v) is 6.71. The molecule has 0 spiro atoms. The van der Waals surface area contributed by atoms with Crippen LogP contribution in [-0.2, 0) is 7.05 Å². The molecule has 6 nitrogen and oxygen atoms in total. The van der Waals surface area contributed by atoms with Gasteiger partial charge in [-0.15, -0.1) is 11.3 Å². The molecule has 1 amide bonds. The standard InChI is InChI=1S/C13H20N4O2S/c1-7-8-9(14)10(20-12(8)17(5)15-7)11(18)16(4)6-13(2,3)19/h19H,6,14H2,1-5H3. The summed E-state index contributed by atoms with van der Waals surface area (Å²) in [5.74, 6) is -0.176. The molecule has 0 fully saturated rings. The molecular weight excluding hydrogens is 276 g/mol. The molecule has 0 bridgehead atoms. The van der Waals surface area contributed by atoms with Crippen LogP contribution in [0.4, 0.5) is 5.69 Å². The van der Waals surface area contributed by atoms with Crippen molar-refractivity contribution in [2.75, 3.05) is 19.3 Å². The molecule has 0 aliphatic rings. The fraction of sp³-hybridized carbons (Fsp3) is 0.538. The van der Waals surface area contributed by atoms with E-state index in [0.29, 0.717) is 10.6 Å². The second-order valence-electron chi connectivity index (χ2n) is 5.71. The summed E-state index contributed by atoms with van der Waals surface area (Å²) in [4.78, 5) is 15.3. The largest absolute Gasteiger partial charge is 0.397 e. The lowest BCUT2D eigenvalue weighted by Crippen LogP contribution is -2.39. The molecule has 0 atom stereocenters. The van der Waals surface area contributed by atoms with E-state index in [0.717, 1.165) is 15.9 Å². The van der Waals surface area contributed by atoms with Crippen LogP contribution in [0.15, 0.2) is 0 Å². The Kier molecular flexibility index (Phi) is 3.51. The van der Waals surface area contributed by atoms with E-state index in [4.69, 9.17) is 5.73 Å². The Morgan fingerprint density at radius 2 is 2.15 bits per heavy atom. The van der Waals surface area contributed by atoms with Gasteiger partial charge in [0, 0.05) is 20.6 Å². The molecule has 7 heteroatoms. The minimum Gasteiger partial charge on any atom is -0.397 e. The number of fused-ring (bicyclic) bond motifs is 1. The second kappa shape index (κ2) is 4.75. The number of nitrogens with zero attached hydrogens (tertiary/aromatic N) is 3. The van der Waals surface area contributed by atoms with Gasteiger partial charge in [-0.1, -0.05) is 0 Å². The van der Waals surface area contributed by atoms with Gasteiger partial charge in [-0.2, -0.15) is 5.10 Å². The average Bonchev–Trinajstić information content (AvgIpc) is 2.76. The lowest BCUT2D eigenvalue weighted by Gasteiger charge is -2.25. The molecule has 0 radical (unpaired) electrons. The molecule has 2 rings (SSSR count). The molecule has 0 aliphatic carbocycles. The average molecular weight is 296 g/mol. The van der Waals surface area contributed by atoms with Crippen molar-refractivity contribution in [2.45, 2.75) is 26.4 Å². The highest BCUT2D eigenvalue weighted by Crippen LogP contribution is 2.36. The third kappa shape index (κ3) is 2.51. The topological polar surface area (TPSA) is 84.4 Å². The molecular formula is C13H20N4O2S. The summed E-state index contributed by atoms with van der Waals surface area (Å²) in [5, 5.41) is 14.9. The first kappa shape index (κ1) is 14.8. The number of nitrogens with two attached hydrogens (primary N) is 1. The summed E-state index contributed by atoms with van der Waals surface area (Å²) < 4.78 is 1.73. The minimum atomic E-state index is -0.937. The van der Waals surface area contributed by atoms with Gasteiger partial charge < -0.3 is 15.7 Å². The van der Waals surface area contributed by atoms with E-state index in [2.05, 4.69) is 5.10 Å². The van der Waals surface area contributed by atoms with E-state index < -0.39 is 5.60 Å². The van der Waals surface area contributed by atoms with E-state index in [-0.39, 0.29) is 12.5 Å². The normalized spacial score (nSPS) is 12.1. The van der Waals surface area contributed by atoms with Crippen LogP contribution >= 0.6 is 11.3 Å². The highest BCUT2D eigenvalue weighted by atomic mass is 32.1. The SMILES string of the molecule is Cc1nn(C)c2sc(C(=O)N(C)CC(C)(C)O)c(N)c12. The molecule has 0 unspecified atom stereocenters. The first-order valence-corrected chi connectivity index (χ1v) is 7.13. The fourth-order valence-electron chi connectivity index (χ4n) is 2.31. The number of nitrogen functional groups attached to an aromatic ring is 1. The quantitative estimate of drug-likeness (QED) is 0.896. The molecule has 0 aromatic carbocycles. The molecule has 0 saturated carbocycles. The van der Waals surface area contributed by atoms with Crippen LogP contribution in [0, 0.1) is 6.92 Å². The smallest absolute Gasteiger partial charge is 0.265 e. The van der Waals surface area contributed by atoms with Crippen molar-refractivity contribution in [3.8, 4) is 0 Å². The van der Waals surface area contributed by atoms with Crippen LogP contribution in [0.25, 0.3) is 10.2 Å². The number of hydrogen-bond acceptors (Lipinski definition) is 5. The molecule has 2 aromatic rings. The zero-order valence-corrected chi connectivity index (χ0v) is 13.2. The number of aliphatic hydroxyl groups is 1. The van der Waals surface area contributed by atoms with Crippen molar-refractivity contribution < 1.29 is 9.90 Å². The molecule has 20 heavy (non-hydrogen) atoms. The molecule has 0 aliphatic heterocycles. The third-order valence-electron chi connectivity index (χ3n) is 3.05. The number of aromatic nitrogens is 2. The molecule has 2 aromatic heterocycles. The summed E-state index contributed by atoms with van der Waals surface area (Å²) >= 11 is 1.34. The summed E-state index contributed by atoms with van der Waals surface area (Å²) in [7, 11) is 3.50. The molecule has 3 N–H and O–H groups in total. The predicted octanol–water partition coefficient (Wildman–Crippen LogP) is 1.37. The maximum absolute atomic E-state index is 12.4. The Morgan fingerprint density at radius 3 is 2.65 bits per heavy atom. The van der Waals surface area contributed by atoms with E-state index in [1.165, 1.54) is 16.2 Å². The van der Waals surface area contributed by atoms with Gasteiger partial charge in [-0.25, -0.2) is 0 Å². The van der Waals surface area contributed by atoms with E-state index in [9.17, 15) is 9.90 Å². The van der Waals surface area contributed by atoms with Crippen LogP contribution in [0.5, 0.6) is 0 Å². The van der Waals surface area contributed by atoms with Gasteiger partial charge in [0.05, 0.1) is 22.4 Å². The van der Waals surface area contributed by atoms with Gasteiger partial charge >= 0.3 is 0 Å². The van der Waals surface area contributed by atoms with Gasteiger partial charge in [0.1, 0.15) is 9.71 Å². The maximum Gasteiger partial charge on any atom is 0.265 e. The van der Waals surface area contributed by atoms with Crippen molar-refractivity contribution in [3.05, 3.63) is 10.6 Å². The van der Waals surface area contributed by atoms with E-state index in [1.54, 1.807) is 25.6 Å². The minimum absolute atomic E-state index is 0.176. The summed E-state index contributed by atoms with van der Waals surface area (Å²) in [6.07, 6.45) is 0. The number of anilines is 1. The number of aryl methyl sites for hydroxylation is 2. The lowest BCUT2D eigenvalue weighted by atomic mass is 10.1. The lowest BCUT2D eigenvalue weighted by molar-refractivity contribution is 0.0371. The number of amides is 1. The van der Waals surface area contributed by atoms with Gasteiger partial charge in [0.2, 0.25) is 0 Å². The number of rotatable bonds is 3. The molecule has 0 saturated heterocycles. The van der Waals surface area contributed by atoms with Crippen molar-refractivity contribution >= 4 is 33.1 Å². The zero-order valence-electron chi connectivity index (χ0n) is 12.4. The first-order valence-electron chi connectivity index (χ1n) is 6.31. The monoisotopic (exact) mass is 296 g/mol. The van der Waals surface area contributed by atoms with Crippen LogP contribution in [0.1, 0.15) is 29.2 Å². The Labute approximate surface area is 121 Å². The zero-order chi connectivity index (χ0) is 15.2. The van der Waals surface area contributed by atoms with Gasteiger partial charge in [0.25, 0.3) is 5.91 Å². The van der Waals surface area contributed by atoms with Crippen LogP contribution in [0.3, 0.4) is 0 Å². The Bertz CT molecular complexity index is 666. The first-order chi connectivity index (χ1) is 9.11. The number of likely N-dealkylation sites (N-methyl/N-ethyl adjacent to an activating group) is 1. The number of thiophene rings is 1. The van der Waals surface area contributed by atoms with Crippen LogP contribution in [0.2, 0.25) is 0 Å². The van der Waals surface area contributed by atoms with Gasteiger partial charge in [-0.05, 0) is 20.8 Å². The van der Waals surface area contributed by atoms with Crippen molar-refractivity contribution in [3.63, 3.8) is 0 Å². The van der Waals surface area contributed by atoms with E-state index >= 15 is 0 Å². The Morgan fingerprint density at radius 1 is 1.55 bits per heavy atom. The number of hydrogen-bond donors (Lipinski definition) is 2. The maximum atomic E-state index is 12.4. The summed E-state index contributed by atoms with van der Waals surface area (Å²) in [5.41, 5.74) is 6.46. The highest BCUT2D eigenvalue weighted by molar-refractivity contribution is 7.21. The van der Waals surface area contributed by atoms with Crippen molar-refractivity contribution in [1.82, 2.24) is 14.7 Å². The third-order valence-corrected chi connectivity index (χ3v) is 4.31. The number of carbonyl (C=O) groups excluding carboxylic acids is 1. The Hall–Kier alpha value is -1.60. The molecule has 110 valence electrons. The van der Waals surface area contributed by atoms with Crippen LogP contribution < -0.4 is 5.73 Å². The molecule has 2 heterocycles.